The normalized spacial score (nSPS) is 16.9. The molecule has 5 nitrogen and oxygen atoms in total. The van der Waals surface area contributed by atoms with Crippen LogP contribution in [0, 0.1) is 0 Å². The van der Waals surface area contributed by atoms with Crippen LogP contribution in [0.25, 0.3) is 0 Å². The van der Waals surface area contributed by atoms with Crippen molar-refractivity contribution in [3.05, 3.63) is 53.7 Å². The highest BCUT2D eigenvalue weighted by Crippen LogP contribution is 2.31. The van der Waals surface area contributed by atoms with Gasteiger partial charge in [0.25, 0.3) is 5.91 Å². The average molecular weight is 387 g/mol. The SMILES string of the molecule is Cl.N[C@@H]1CCN(C(=O)c2cccnc2Nc2cccc(C(F)(F)F)c2)C1. The van der Waals surface area contributed by atoms with Crippen LogP contribution in [0.1, 0.15) is 22.3 Å². The summed E-state index contributed by atoms with van der Waals surface area (Å²) in [6, 6.07) is 7.91. The van der Waals surface area contributed by atoms with Crippen LogP contribution in [-0.2, 0) is 6.18 Å². The number of hydrogen-bond donors (Lipinski definition) is 2. The molecule has 1 atom stereocenters. The number of halogens is 4. The van der Waals surface area contributed by atoms with E-state index < -0.39 is 11.7 Å². The largest absolute Gasteiger partial charge is 0.416 e. The Bertz CT molecular complexity index is 785. The molecule has 1 amide bonds. The van der Waals surface area contributed by atoms with Crippen molar-refractivity contribution in [2.45, 2.75) is 18.6 Å². The Balaban J connectivity index is 0.00000243. The van der Waals surface area contributed by atoms with Gasteiger partial charge in [-0.2, -0.15) is 13.2 Å². The van der Waals surface area contributed by atoms with Gasteiger partial charge in [0.05, 0.1) is 11.1 Å². The topological polar surface area (TPSA) is 71.2 Å². The minimum absolute atomic E-state index is 0. The Kier molecular flexibility index (Phi) is 6.09. The number of carbonyl (C=O) groups is 1. The highest BCUT2D eigenvalue weighted by atomic mass is 35.5. The van der Waals surface area contributed by atoms with Gasteiger partial charge in [0, 0.05) is 31.0 Å². The molecular weight excluding hydrogens is 369 g/mol. The molecule has 1 aliphatic rings. The number of hydrogen-bond acceptors (Lipinski definition) is 4. The van der Waals surface area contributed by atoms with Crippen molar-refractivity contribution in [2.24, 2.45) is 5.73 Å². The monoisotopic (exact) mass is 386 g/mol. The van der Waals surface area contributed by atoms with Crippen LogP contribution in [0.2, 0.25) is 0 Å². The number of nitrogens with two attached hydrogens (primary N) is 1. The Morgan fingerprint density at radius 2 is 2.04 bits per heavy atom. The van der Waals surface area contributed by atoms with Crippen LogP contribution in [-0.4, -0.2) is 34.9 Å². The number of anilines is 2. The van der Waals surface area contributed by atoms with Crippen molar-refractivity contribution in [3.63, 3.8) is 0 Å². The third-order valence-electron chi connectivity index (χ3n) is 4.00. The first-order valence-corrected chi connectivity index (χ1v) is 7.79. The average Bonchev–Trinajstić information content (AvgIpc) is 3.01. The van der Waals surface area contributed by atoms with E-state index in [4.69, 9.17) is 5.73 Å². The second-order valence-corrected chi connectivity index (χ2v) is 5.90. The molecule has 1 fully saturated rings. The smallest absolute Gasteiger partial charge is 0.340 e. The van der Waals surface area contributed by atoms with Crippen molar-refractivity contribution in [2.75, 3.05) is 18.4 Å². The maximum atomic E-state index is 12.8. The standard InChI is InChI=1S/C17H17F3N4O.ClH/c18-17(19,20)11-3-1-4-13(9-11)23-15-14(5-2-7-22-15)16(25)24-8-6-12(21)10-24;/h1-5,7,9,12H,6,8,10,21H2,(H,22,23);1H/t12-;/m1./s1. The van der Waals surface area contributed by atoms with Gasteiger partial charge in [-0.25, -0.2) is 4.98 Å². The number of nitrogens with one attached hydrogen (secondary N) is 1. The van der Waals surface area contributed by atoms with Crippen molar-refractivity contribution in [1.29, 1.82) is 0 Å². The Labute approximate surface area is 154 Å². The molecule has 1 aliphatic heterocycles. The van der Waals surface area contributed by atoms with Crippen molar-refractivity contribution in [1.82, 2.24) is 9.88 Å². The van der Waals surface area contributed by atoms with Gasteiger partial charge in [0.2, 0.25) is 0 Å². The van der Waals surface area contributed by atoms with Crippen molar-refractivity contribution < 1.29 is 18.0 Å². The minimum atomic E-state index is -4.44. The van der Waals surface area contributed by atoms with E-state index in [1.165, 1.54) is 18.3 Å². The number of rotatable bonds is 3. The van der Waals surface area contributed by atoms with E-state index in [0.29, 0.717) is 18.7 Å². The van der Waals surface area contributed by atoms with Crippen molar-refractivity contribution >= 4 is 29.8 Å². The zero-order valence-electron chi connectivity index (χ0n) is 13.7. The maximum absolute atomic E-state index is 12.8. The van der Waals surface area contributed by atoms with Gasteiger partial charge in [-0.05, 0) is 36.8 Å². The Morgan fingerprint density at radius 1 is 1.27 bits per heavy atom. The number of alkyl halides is 3. The Morgan fingerprint density at radius 3 is 2.69 bits per heavy atom. The van der Waals surface area contributed by atoms with Gasteiger partial charge in [-0.3, -0.25) is 4.79 Å². The van der Waals surface area contributed by atoms with E-state index >= 15 is 0 Å². The molecular formula is C17H18ClF3N4O. The van der Waals surface area contributed by atoms with Crippen LogP contribution >= 0.6 is 12.4 Å². The van der Waals surface area contributed by atoms with Crippen LogP contribution < -0.4 is 11.1 Å². The maximum Gasteiger partial charge on any atom is 0.416 e. The number of amides is 1. The third kappa shape index (κ3) is 4.44. The summed E-state index contributed by atoms with van der Waals surface area (Å²) < 4.78 is 38.5. The van der Waals surface area contributed by atoms with Gasteiger partial charge in [0.1, 0.15) is 5.82 Å². The molecule has 3 N–H and O–H groups in total. The van der Waals surface area contributed by atoms with Gasteiger partial charge in [-0.1, -0.05) is 6.07 Å². The summed E-state index contributed by atoms with van der Waals surface area (Å²) in [6.07, 6.45) is -2.24. The molecule has 140 valence electrons. The fraction of sp³-hybridized carbons (Fsp3) is 0.294. The molecule has 1 aromatic carbocycles. The second kappa shape index (κ2) is 7.92. The molecule has 9 heteroatoms. The van der Waals surface area contributed by atoms with Crippen molar-refractivity contribution in [3.8, 4) is 0 Å². The van der Waals surface area contributed by atoms with Crippen LogP contribution in [0.3, 0.4) is 0 Å². The van der Waals surface area contributed by atoms with E-state index in [1.54, 1.807) is 17.0 Å². The number of benzene rings is 1. The zero-order valence-corrected chi connectivity index (χ0v) is 14.5. The quantitative estimate of drug-likeness (QED) is 0.847. The van der Waals surface area contributed by atoms with Gasteiger partial charge in [0.15, 0.2) is 0 Å². The summed E-state index contributed by atoms with van der Waals surface area (Å²) in [5, 5.41) is 2.81. The number of aromatic nitrogens is 1. The summed E-state index contributed by atoms with van der Waals surface area (Å²) in [7, 11) is 0. The molecule has 0 radical (unpaired) electrons. The molecule has 26 heavy (non-hydrogen) atoms. The summed E-state index contributed by atoms with van der Waals surface area (Å²) >= 11 is 0. The minimum Gasteiger partial charge on any atom is -0.340 e. The number of pyridine rings is 1. The van der Waals surface area contributed by atoms with Crippen LogP contribution in [0.15, 0.2) is 42.6 Å². The first-order chi connectivity index (χ1) is 11.8. The van der Waals surface area contributed by atoms with E-state index in [1.807, 2.05) is 0 Å². The highest BCUT2D eigenvalue weighted by molar-refractivity contribution is 5.99. The first kappa shape index (κ1) is 20.0. The summed E-state index contributed by atoms with van der Waals surface area (Å²) in [4.78, 5) is 18.4. The molecule has 0 spiro atoms. The van der Waals surface area contributed by atoms with Gasteiger partial charge in [-0.15, -0.1) is 12.4 Å². The fourth-order valence-electron chi connectivity index (χ4n) is 2.73. The molecule has 0 bridgehead atoms. The molecule has 2 aromatic rings. The predicted octanol–water partition coefficient (Wildman–Crippen LogP) is 3.44. The molecule has 0 saturated carbocycles. The van der Waals surface area contributed by atoms with Crippen LogP contribution in [0.4, 0.5) is 24.7 Å². The molecule has 1 saturated heterocycles. The third-order valence-corrected chi connectivity index (χ3v) is 4.00. The molecule has 3 rings (SSSR count). The van der Waals surface area contributed by atoms with Gasteiger partial charge >= 0.3 is 6.18 Å². The highest BCUT2D eigenvalue weighted by Gasteiger charge is 2.31. The Hall–Kier alpha value is -2.32. The summed E-state index contributed by atoms with van der Waals surface area (Å²) in [6.45, 7) is 1.01. The number of likely N-dealkylation sites (tertiary alicyclic amines) is 1. The lowest BCUT2D eigenvalue weighted by Gasteiger charge is -2.18. The second-order valence-electron chi connectivity index (χ2n) is 5.90. The molecule has 0 unspecified atom stereocenters. The van der Waals surface area contributed by atoms with E-state index in [-0.39, 0.29) is 35.9 Å². The predicted molar refractivity (Wildman–Crippen MR) is 94.7 cm³/mol. The van der Waals surface area contributed by atoms with Gasteiger partial charge < -0.3 is 16.0 Å². The molecule has 1 aromatic heterocycles. The van der Waals surface area contributed by atoms with E-state index in [0.717, 1.165) is 18.6 Å². The lowest BCUT2D eigenvalue weighted by Crippen LogP contribution is -2.32. The lowest BCUT2D eigenvalue weighted by atomic mass is 10.1. The summed E-state index contributed by atoms with van der Waals surface area (Å²) in [5.74, 6) is -0.0252. The summed E-state index contributed by atoms with van der Waals surface area (Å²) in [5.41, 5.74) is 5.57. The number of nitrogens with zero attached hydrogens (tertiary/aromatic N) is 2. The van der Waals surface area contributed by atoms with E-state index in [9.17, 15) is 18.0 Å². The van der Waals surface area contributed by atoms with Crippen LogP contribution in [0.5, 0.6) is 0 Å². The van der Waals surface area contributed by atoms with E-state index in [2.05, 4.69) is 10.3 Å². The molecule has 0 aliphatic carbocycles. The lowest BCUT2D eigenvalue weighted by molar-refractivity contribution is -0.137. The fourth-order valence-corrected chi connectivity index (χ4v) is 2.73. The molecule has 2 heterocycles. The number of carbonyl (C=O) groups excluding carboxylic acids is 1. The first-order valence-electron chi connectivity index (χ1n) is 7.79. The zero-order chi connectivity index (χ0) is 18.0.